The average molecular weight is 626 g/mol. The van der Waals surface area contributed by atoms with Crippen LogP contribution in [-0.4, -0.2) is 95.8 Å². The molecule has 2 bridgehead atoms. The van der Waals surface area contributed by atoms with Gasteiger partial charge >= 0.3 is 12.2 Å². The number of alkyl halides is 3. The molecule has 1 aromatic carbocycles. The molecule has 4 aliphatic heterocycles. The highest BCUT2D eigenvalue weighted by Crippen LogP contribution is 2.40. The molecule has 0 aliphatic carbocycles. The van der Waals surface area contributed by atoms with E-state index in [1.165, 1.54) is 18.2 Å². The summed E-state index contributed by atoms with van der Waals surface area (Å²) >= 11 is 0. The van der Waals surface area contributed by atoms with Gasteiger partial charge in [0.2, 0.25) is 5.91 Å². The molecule has 240 valence electrons. The van der Waals surface area contributed by atoms with E-state index >= 15 is 0 Å². The standard InChI is InChI=1S/C32H38F3N7O3/c1-3-28(43)42-15-14-40(18-22(42)9-11-36)29-24-10-13-39(27-8-5-4-7-25(27)32(33,34)35)20-26(24)37-30(38-29)44-16-6-12-41-19-23-17-31(41,2)21-45-23/h3-5,7-8,22-23H,1,6,9-10,12-21H2,2H3/t22?,23-,31-/m1/s1. The van der Waals surface area contributed by atoms with Crippen LogP contribution in [0, 0.1) is 11.3 Å². The summed E-state index contributed by atoms with van der Waals surface area (Å²) in [6.07, 6.45) is -0.559. The number of nitrogens with zero attached hydrogens (tertiary/aromatic N) is 7. The SMILES string of the molecule is C=CC(=O)N1CCN(c2nc(OCCCN3C[C@H]4C[C@]3(C)CO4)nc3c2CCN(c2ccccc2C(F)(F)F)C3)CC1CC#N. The number of ether oxygens (including phenoxy) is 2. The molecule has 13 heteroatoms. The summed E-state index contributed by atoms with van der Waals surface area (Å²) < 4.78 is 53.6. The molecule has 4 aliphatic rings. The van der Waals surface area contributed by atoms with E-state index in [1.54, 1.807) is 15.9 Å². The molecular weight excluding hydrogens is 587 g/mol. The molecule has 1 aromatic heterocycles. The Morgan fingerprint density at radius 3 is 2.76 bits per heavy atom. The Morgan fingerprint density at radius 2 is 2.04 bits per heavy atom. The molecule has 10 nitrogen and oxygen atoms in total. The third kappa shape index (κ3) is 6.31. The summed E-state index contributed by atoms with van der Waals surface area (Å²) in [5.41, 5.74) is 0.952. The Balaban J connectivity index is 1.25. The molecule has 1 amide bonds. The zero-order chi connectivity index (χ0) is 31.8. The van der Waals surface area contributed by atoms with E-state index in [0.29, 0.717) is 56.8 Å². The fourth-order valence-corrected chi connectivity index (χ4v) is 7.13. The number of benzene rings is 1. The van der Waals surface area contributed by atoms with Crippen LogP contribution in [0.3, 0.4) is 0 Å². The summed E-state index contributed by atoms with van der Waals surface area (Å²) in [4.78, 5) is 29.9. The predicted octanol–water partition coefficient (Wildman–Crippen LogP) is 3.81. The number of morpholine rings is 1. The number of piperazine rings is 1. The molecule has 2 aromatic rings. The van der Waals surface area contributed by atoms with Crippen LogP contribution in [0.2, 0.25) is 0 Å². The van der Waals surface area contributed by atoms with Crippen molar-refractivity contribution < 1.29 is 27.4 Å². The van der Waals surface area contributed by atoms with Crippen LogP contribution in [0.15, 0.2) is 36.9 Å². The summed E-state index contributed by atoms with van der Waals surface area (Å²) in [5.74, 6) is 0.420. The van der Waals surface area contributed by atoms with E-state index in [9.17, 15) is 23.2 Å². The molecular formula is C32H38F3N7O3. The molecule has 0 spiro atoms. The number of amides is 1. The first-order valence-electron chi connectivity index (χ1n) is 15.4. The van der Waals surface area contributed by atoms with Crippen LogP contribution >= 0.6 is 0 Å². The van der Waals surface area contributed by atoms with Gasteiger partial charge in [-0.3, -0.25) is 9.69 Å². The maximum atomic E-state index is 13.9. The Labute approximate surface area is 261 Å². The summed E-state index contributed by atoms with van der Waals surface area (Å²) in [6.45, 7) is 10.5. The second-order valence-corrected chi connectivity index (χ2v) is 12.4. The number of halogens is 3. The fraction of sp³-hybridized carbons (Fsp3) is 0.562. The van der Waals surface area contributed by atoms with Gasteiger partial charge in [0.25, 0.3) is 0 Å². The number of nitriles is 1. The lowest BCUT2D eigenvalue weighted by Gasteiger charge is -2.42. The zero-order valence-electron chi connectivity index (χ0n) is 25.4. The molecule has 5 heterocycles. The highest BCUT2D eigenvalue weighted by atomic mass is 19.4. The van der Waals surface area contributed by atoms with Crippen molar-refractivity contribution in [1.29, 1.82) is 5.26 Å². The van der Waals surface area contributed by atoms with Gasteiger partial charge in [0.1, 0.15) is 5.82 Å². The smallest absolute Gasteiger partial charge is 0.418 e. The number of rotatable bonds is 9. The second kappa shape index (κ2) is 12.5. The normalized spacial score (nSPS) is 24.8. The average Bonchev–Trinajstić information content (AvgIpc) is 3.57. The molecule has 6 rings (SSSR count). The molecule has 0 radical (unpaired) electrons. The molecule has 3 fully saturated rings. The first-order chi connectivity index (χ1) is 21.6. The van der Waals surface area contributed by atoms with Gasteiger partial charge in [-0.25, -0.2) is 0 Å². The van der Waals surface area contributed by atoms with Crippen molar-refractivity contribution in [2.75, 3.05) is 62.3 Å². The van der Waals surface area contributed by atoms with E-state index in [-0.39, 0.29) is 42.2 Å². The van der Waals surface area contributed by atoms with Crippen LogP contribution in [-0.2, 0) is 28.7 Å². The molecule has 0 N–H and O–H groups in total. The summed E-state index contributed by atoms with van der Waals surface area (Å²) in [7, 11) is 0. The van der Waals surface area contributed by atoms with Crippen molar-refractivity contribution in [3.63, 3.8) is 0 Å². The third-order valence-electron chi connectivity index (χ3n) is 9.43. The number of anilines is 2. The Hall–Kier alpha value is -3.89. The topological polar surface area (TPSA) is 98.1 Å². The number of fused-ring (bicyclic) bond motifs is 3. The van der Waals surface area contributed by atoms with Gasteiger partial charge in [0.05, 0.1) is 55.7 Å². The Kier molecular flexibility index (Phi) is 8.63. The van der Waals surface area contributed by atoms with Gasteiger partial charge in [-0.2, -0.15) is 28.4 Å². The number of hydrogen-bond donors (Lipinski definition) is 0. The quantitative estimate of drug-likeness (QED) is 0.305. The van der Waals surface area contributed by atoms with Gasteiger partial charge in [0, 0.05) is 56.1 Å². The molecule has 3 atom stereocenters. The molecule has 45 heavy (non-hydrogen) atoms. The third-order valence-corrected chi connectivity index (χ3v) is 9.43. The highest BCUT2D eigenvalue weighted by Gasteiger charge is 2.48. The van der Waals surface area contributed by atoms with Crippen molar-refractivity contribution in [3.05, 3.63) is 53.7 Å². The minimum Gasteiger partial charge on any atom is -0.463 e. The lowest BCUT2D eigenvalue weighted by molar-refractivity contribution is -0.137. The van der Waals surface area contributed by atoms with Crippen molar-refractivity contribution >= 4 is 17.4 Å². The maximum Gasteiger partial charge on any atom is 0.418 e. The van der Waals surface area contributed by atoms with Gasteiger partial charge in [-0.1, -0.05) is 18.7 Å². The van der Waals surface area contributed by atoms with E-state index in [2.05, 4.69) is 24.5 Å². The first kappa shape index (κ1) is 31.1. The van der Waals surface area contributed by atoms with E-state index < -0.39 is 11.7 Å². The van der Waals surface area contributed by atoms with Crippen molar-refractivity contribution in [2.45, 2.75) is 63.0 Å². The largest absolute Gasteiger partial charge is 0.463 e. The van der Waals surface area contributed by atoms with Crippen molar-refractivity contribution in [2.24, 2.45) is 0 Å². The Morgan fingerprint density at radius 1 is 1.22 bits per heavy atom. The second-order valence-electron chi connectivity index (χ2n) is 12.4. The zero-order valence-corrected chi connectivity index (χ0v) is 25.4. The molecule has 1 unspecified atom stereocenters. The fourth-order valence-electron chi connectivity index (χ4n) is 7.13. The van der Waals surface area contributed by atoms with Crippen molar-refractivity contribution in [3.8, 4) is 12.1 Å². The highest BCUT2D eigenvalue weighted by molar-refractivity contribution is 5.87. The van der Waals surface area contributed by atoms with E-state index in [1.807, 2.05) is 4.90 Å². The van der Waals surface area contributed by atoms with Gasteiger partial charge in [-0.05, 0) is 44.4 Å². The minimum absolute atomic E-state index is 0.0609. The first-order valence-corrected chi connectivity index (χ1v) is 15.4. The summed E-state index contributed by atoms with van der Waals surface area (Å²) in [5, 5.41) is 9.48. The van der Waals surface area contributed by atoms with Crippen LogP contribution in [0.25, 0.3) is 0 Å². The number of hydrogen-bond acceptors (Lipinski definition) is 9. The van der Waals surface area contributed by atoms with E-state index in [4.69, 9.17) is 19.4 Å². The van der Waals surface area contributed by atoms with E-state index in [0.717, 1.165) is 44.2 Å². The molecule has 3 saturated heterocycles. The number of likely N-dealkylation sites (tertiary alicyclic amines) is 1. The number of carbonyl (C=O) groups is 1. The van der Waals surface area contributed by atoms with Crippen LogP contribution in [0.5, 0.6) is 6.01 Å². The Bertz CT molecular complexity index is 1480. The molecule has 0 saturated carbocycles. The van der Waals surface area contributed by atoms with Crippen LogP contribution < -0.4 is 14.5 Å². The predicted molar refractivity (Wildman–Crippen MR) is 161 cm³/mol. The summed E-state index contributed by atoms with van der Waals surface area (Å²) in [6, 6.07) is 7.59. The van der Waals surface area contributed by atoms with Gasteiger partial charge in [-0.15, -0.1) is 0 Å². The van der Waals surface area contributed by atoms with Crippen LogP contribution in [0.1, 0.15) is 43.0 Å². The number of para-hydroxylation sites is 1. The monoisotopic (exact) mass is 625 g/mol. The van der Waals surface area contributed by atoms with Gasteiger partial charge in [0.15, 0.2) is 0 Å². The van der Waals surface area contributed by atoms with Gasteiger partial charge < -0.3 is 24.2 Å². The minimum atomic E-state index is -4.49. The lowest BCUT2D eigenvalue weighted by Crippen LogP contribution is -2.55. The van der Waals surface area contributed by atoms with Crippen LogP contribution in [0.4, 0.5) is 24.7 Å². The maximum absolute atomic E-state index is 13.9. The number of aromatic nitrogens is 2. The number of carbonyl (C=O) groups excluding carboxylic acids is 1. The van der Waals surface area contributed by atoms with Crippen molar-refractivity contribution in [1.82, 2.24) is 19.8 Å². The lowest BCUT2D eigenvalue weighted by atomic mass is 10.0.